The molecule has 1 aliphatic rings. The number of aliphatic hydroxyl groups is 2. The van der Waals surface area contributed by atoms with Gasteiger partial charge in [-0.25, -0.2) is 5.01 Å². The summed E-state index contributed by atoms with van der Waals surface area (Å²) in [4.78, 5) is 23.8. The fourth-order valence-corrected chi connectivity index (χ4v) is 2.72. The number of rotatable bonds is 10. The van der Waals surface area contributed by atoms with Crippen LogP contribution in [0, 0.1) is 5.92 Å². The van der Waals surface area contributed by atoms with Gasteiger partial charge in [-0.3, -0.25) is 15.0 Å². The first-order valence-corrected chi connectivity index (χ1v) is 11.1. The number of amides is 2. The average Bonchev–Trinajstić information content (AvgIpc) is 3.02. The highest BCUT2D eigenvalue weighted by Gasteiger charge is 2.39. The Balaban J connectivity index is 0.000000540. The van der Waals surface area contributed by atoms with E-state index in [2.05, 4.69) is 12.3 Å². The van der Waals surface area contributed by atoms with Crippen molar-refractivity contribution in [1.29, 1.82) is 0 Å². The summed E-state index contributed by atoms with van der Waals surface area (Å²) >= 11 is 0. The van der Waals surface area contributed by atoms with Gasteiger partial charge in [0.05, 0.1) is 5.69 Å². The number of nitrogens with zero attached hydrogens (tertiary/aromatic N) is 1. The Morgan fingerprint density at radius 3 is 2.03 bits per heavy atom. The monoisotopic (exact) mass is 424 g/mol. The second kappa shape index (κ2) is 17.9. The van der Waals surface area contributed by atoms with E-state index in [-0.39, 0.29) is 11.8 Å². The molecule has 0 saturated carbocycles. The van der Waals surface area contributed by atoms with Gasteiger partial charge in [0, 0.05) is 13.2 Å². The van der Waals surface area contributed by atoms with E-state index >= 15 is 0 Å². The van der Waals surface area contributed by atoms with Crippen LogP contribution in [0.5, 0.6) is 0 Å². The molecule has 1 aliphatic heterocycles. The zero-order chi connectivity index (χ0) is 22.8. The summed E-state index contributed by atoms with van der Waals surface area (Å²) in [7, 11) is 0. The Morgan fingerprint density at radius 2 is 1.57 bits per heavy atom. The van der Waals surface area contributed by atoms with E-state index in [1.54, 1.807) is 12.1 Å². The molecule has 1 aromatic carbocycles. The molecule has 1 saturated heterocycles. The highest BCUT2D eigenvalue weighted by molar-refractivity contribution is 6.14. The molecule has 1 heterocycles. The van der Waals surface area contributed by atoms with Crippen molar-refractivity contribution in [3.8, 4) is 0 Å². The third kappa shape index (κ3) is 11.9. The van der Waals surface area contributed by atoms with Crippen LogP contribution in [-0.2, 0) is 14.3 Å². The Hall–Kier alpha value is -1.96. The van der Waals surface area contributed by atoms with Crippen molar-refractivity contribution in [2.24, 2.45) is 5.92 Å². The fourth-order valence-electron chi connectivity index (χ4n) is 2.72. The van der Waals surface area contributed by atoms with Crippen LogP contribution >= 0.6 is 0 Å². The van der Waals surface area contributed by atoms with Crippen molar-refractivity contribution in [2.75, 3.05) is 18.2 Å². The van der Waals surface area contributed by atoms with E-state index in [0.717, 1.165) is 45.3 Å². The molecule has 7 nitrogen and oxygen atoms in total. The minimum Gasteiger partial charge on any atom is -0.382 e. The predicted molar refractivity (Wildman–Crippen MR) is 120 cm³/mol. The molecule has 30 heavy (non-hydrogen) atoms. The number of hydrogen-bond acceptors (Lipinski definition) is 5. The van der Waals surface area contributed by atoms with Crippen LogP contribution in [0.2, 0.25) is 0 Å². The number of hydrazine groups is 1. The van der Waals surface area contributed by atoms with Crippen LogP contribution in [0.3, 0.4) is 0 Å². The van der Waals surface area contributed by atoms with Crippen molar-refractivity contribution in [3.05, 3.63) is 30.3 Å². The molecule has 1 fully saturated rings. The van der Waals surface area contributed by atoms with E-state index in [1.807, 2.05) is 39.0 Å². The molecule has 2 rings (SSSR count). The van der Waals surface area contributed by atoms with Crippen LogP contribution < -0.4 is 10.4 Å². The molecule has 0 radical (unpaired) electrons. The van der Waals surface area contributed by atoms with Gasteiger partial charge >= 0.3 is 0 Å². The van der Waals surface area contributed by atoms with Gasteiger partial charge in [0.25, 0.3) is 11.8 Å². The van der Waals surface area contributed by atoms with Crippen LogP contribution in [0.4, 0.5) is 5.69 Å². The maximum absolute atomic E-state index is 12.1. The number of aliphatic hydroxyl groups excluding tert-OH is 1. The van der Waals surface area contributed by atoms with Crippen molar-refractivity contribution in [1.82, 2.24) is 5.43 Å². The van der Waals surface area contributed by atoms with Crippen LogP contribution in [-0.4, -0.2) is 41.5 Å². The molecular weight excluding hydrogens is 384 g/mol. The fraction of sp³-hybridized carbons (Fsp3) is 0.652. The van der Waals surface area contributed by atoms with Gasteiger partial charge in [-0.05, 0) is 45.2 Å². The number of hydrogen-bond donors (Lipinski definition) is 3. The second-order valence-corrected chi connectivity index (χ2v) is 6.94. The van der Waals surface area contributed by atoms with Crippen LogP contribution in [0.1, 0.15) is 72.6 Å². The normalized spacial score (nSPS) is 15.3. The zero-order valence-corrected chi connectivity index (χ0v) is 19.0. The lowest BCUT2D eigenvalue weighted by Gasteiger charge is -2.14. The summed E-state index contributed by atoms with van der Waals surface area (Å²) in [6, 6.07) is 9.17. The number of carbonyl (C=O) groups is 2. The lowest BCUT2D eigenvalue weighted by Crippen LogP contribution is -2.35. The smallest absolute Gasteiger partial charge is 0.258 e. The summed E-state index contributed by atoms with van der Waals surface area (Å²) in [5.74, 6) is -0.850. The highest BCUT2D eigenvalue weighted by atomic mass is 16.5. The minimum atomic E-state index is -1.10. The highest BCUT2D eigenvalue weighted by Crippen LogP contribution is 2.22. The Morgan fingerprint density at radius 1 is 0.967 bits per heavy atom. The lowest BCUT2D eigenvalue weighted by atomic mass is 10.0. The van der Waals surface area contributed by atoms with Gasteiger partial charge in [0.15, 0.2) is 6.29 Å². The quantitative estimate of drug-likeness (QED) is 0.301. The van der Waals surface area contributed by atoms with E-state index in [4.69, 9.17) is 14.9 Å². The molecular formula is C23H40N2O5. The first kappa shape index (κ1) is 28.0. The molecule has 2 amide bonds. The van der Waals surface area contributed by atoms with Crippen molar-refractivity contribution in [2.45, 2.75) is 78.9 Å². The van der Waals surface area contributed by atoms with Gasteiger partial charge in [-0.2, -0.15) is 0 Å². The number of anilines is 1. The van der Waals surface area contributed by atoms with Gasteiger partial charge in [0.2, 0.25) is 0 Å². The molecule has 0 aromatic heterocycles. The standard InChI is InChI=1S/C13H16N2O2.C6H14O2.C4H10O/c1-2-3-9-11-12(16)14-15(13(11)17)10-7-5-4-6-8-10;1-2-3-4-5-6(7)8;1-3-5-4-2/h4-8,11H,2-3,9H2,1H3,(H,14,16);6-8H,2-5H2,1H3;3-4H2,1-2H3. The predicted octanol–water partition coefficient (Wildman–Crippen LogP) is 3.79. The molecule has 0 bridgehead atoms. The average molecular weight is 425 g/mol. The molecule has 7 heteroatoms. The van der Waals surface area contributed by atoms with Crippen molar-refractivity contribution >= 4 is 17.5 Å². The molecule has 1 unspecified atom stereocenters. The number of para-hydroxylation sites is 1. The van der Waals surface area contributed by atoms with Gasteiger partial charge in [-0.15, -0.1) is 0 Å². The second-order valence-electron chi connectivity index (χ2n) is 6.94. The third-order valence-electron chi connectivity index (χ3n) is 4.39. The number of benzene rings is 1. The number of ether oxygens (including phenoxy) is 1. The molecule has 3 N–H and O–H groups in total. The minimum absolute atomic E-state index is 0.144. The largest absolute Gasteiger partial charge is 0.382 e. The van der Waals surface area contributed by atoms with E-state index in [0.29, 0.717) is 18.5 Å². The van der Waals surface area contributed by atoms with Crippen molar-refractivity contribution in [3.63, 3.8) is 0 Å². The third-order valence-corrected chi connectivity index (χ3v) is 4.39. The Kier molecular flexibility index (Phi) is 16.7. The van der Waals surface area contributed by atoms with Crippen molar-refractivity contribution < 1.29 is 24.5 Å². The SMILES string of the molecule is CCCCC1C(=O)NN(c2ccccc2)C1=O.CCCCCC(O)O.CCOCC. The maximum Gasteiger partial charge on any atom is 0.258 e. The Labute approximate surface area is 181 Å². The summed E-state index contributed by atoms with van der Waals surface area (Å²) in [5.41, 5.74) is 3.34. The molecule has 172 valence electrons. The number of carbonyl (C=O) groups excluding carboxylic acids is 2. The lowest BCUT2D eigenvalue weighted by molar-refractivity contribution is -0.127. The van der Waals surface area contributed by atoms with E-state index < -0.39 is 12.2 Å². The molecule has 0 aliphatic carbocycles. The van der Waals surface area contributed by atoms with Gasteiger partial charge < -0.3 is 14.9 Å². The zero-order valence-electron chi connectivity index (χ0n) is 19.0. The summed E-state index contributed by atoms with van der Waals surface area (Å²) in [6.07, 6.45) is 5.09. The summed E-state index contributed by atoms with van der Waals surface area (Å²) < 4.78 is 4.83. The number of nitrogens with one attached hydrogen (secondary N) is 1. The molecule has 1 atom stereocenters. The van der Waals surface area contributed by atoms with E-state index in [9.17, 15) is 9.59 Å². The maximum atomic E-state index is 12.1. The van der Waals surface area contributed by atoms with Crippen LogP contribution in [0.15, 0.2) is 30.3 Å². The molecule has 0 spiro atoms. The Bertz CT molecular complexity index is 564. The van der Waals surface area contributed by atoms with Gasteiger partial charge in [0.1, 0.15) is 5.92 Å². The molecule has 1 aromatic rings. The van der Waals surface area contributed by atoms with Crippen LogP contribution in [0.25, 0.3) is 0 Å². The number of unbranched alkanes of at least 4 members (excludes halogenated alkanes) is 3. The first-order chi connectivity index (χ1) is 14.4. The van der Waals surface area contributed by atoms with Gasteiger partial charge in [-0.1, -0.05) is 57.7 Å². The summed E-state index contributed by atoms with van der Waals surface area (Å²) in [5, 5.41) is 18.0. The summed E-state index contributed by atoms with van der Waals surface area (Å²) in [6.45, 7) is 9.80. The van der Waals surface area contributed by atoms with E-state index in [1.165, 1.54) is 5.01 Å². The first-order valence-electron chi connectivity index (χ1n) is 11.1. The topological polar surface area (TPSA) is 99.1 Å².